The second-order valence-corrected chi connectivity index (χ2v) is 6.02. The highest BCUT2D eigenvalue weighted by Crippen LogP contribution is 2.35. The quantitative estimate of drug-likeness (QED) is 0.860. The van der Waals surface area contributed by atoms with Gasteiger partial charge in [-0.1, -0.05) is 6.07 Å². The van der Waals surface area contributed by atoms with Gasteiger partial charge in [0.1, 0.15) is 12.1 Å². The van der Waals surface area contributed by atoms with Crippen molar-refractivity contribution in [1.29, 1.82) is 0 Å². The summed E-state index contributed by atoms with van der Waals surface area (Å²) in [4.78, 5) is 10.3. The monoisotopic (exact) mass is 375 g/mol. The summed E-state index contributed by atoms with van der Waals surface area (Å²) >= 11 is 0. The predicted octanol–water partition coefficient (Wildman–Crippen LogP) is 2.78. The Kier molecular flexibility index (Phi) is 6.42. The average molecular weight is 376 g/mol. The van der Waals surface area contributed by atoms with Crippen molar-refractivity contribution in [3.8, 4) is 0 Å². The molecule has 2 N–H and O–H groups in total. The SMILES string of the molecule is C[C@@H](CN1CCNCC1)Nc1ncnc2c(C(F)(F)F)cccc12.Cl. The number of hydrogen-bond donors (Lipinski definition) is 2. The van der Waals surface area contributed by atoms with E-state index in [2.05, 4.69) is 25.5 Å². The number of fused-ring (bicyclic) bond motifs is 1. The van der Waals surface area contributed by atoms with Crippen LogP contribution in [0.1, 0.15) is 12.5 Å². The van der Waals surface area contributed by atoms with Crippen LogP contribution in [-0.2, 0) is 6.18 Å². The van der Waals surface area contributed by atoms with Gasteiger partial charge in [-0.3, -0.25) is 4.90 Å². The first-order valence-electron chi connectivity index (χ1n) is 7.95. The number of benzene rings is 1. The van der Waals surface area contributed by atoms with Gasteiger partial charge in [0.15, 0.2) is 0 Å². The van der Waals surface area contributed by atoms with Gasteiger partial charge < -0.3 is 10.6 Å². The van der Waals surface area contributed by atoms with Crippen molar-refractivity contribution < 1.29 is 13.2 Å². The largest absolute Gasteiger partial charge is 0.418 e. The lowest BCUT2D eigenvalue weighted by Crippen LogP contribution is -2.47. The summed E-state index contributed by atoms with van der Waals surface area (Å²) in [5, 5.41) is 6.91. The smallest absolute Gasteiger partial charge is 0.366 e. The van der Waals surface area contributed by atoms with Crippen LogP contribution in [0, 0.1) is 0 Å². The van der Waals surface area contributed by atoms with Crippen LogP contribution >= 0.6 is 12.4 Å². The van der Waals surface area contributed by atoms with Crippen molar-refractivity contribution in [3.05, 3.63) is 30.1 Å². The molecule has 9 heteroatoms. The average Bonchev–Trinajstić information content (AvgIpc) is 2.54. The topological polar surface area (TPSA) is 53.1 Å². The summed E-state index contributed by atoms with van der Waals surface area (Å²) in [6, 6.07) is 4.12. The lowest BCUT2D eigenvalue weighted by atomic mass is 10.1. The molecule has 25 heavy (non-hydrogen) atoms. The van der Waals surface area contributed by atoms with E-state index in [1.54, 1.807) is 6.07 Å². The fourth-order valence-corrected chi connectivity index (χ4v) is 2.99. The molecule has 1 atom stereocenters. The van der Waals surface area contributed by atoms with Gasteiger partial charge in [-0.2, -0.15) is 13.2 Å². The summed E-state index contributed by atoms with van der Waals surface area (Å²) in [6.45, 7) is 6.66. The molecule has 1 aliphatic rings. The van der Waals surface area contributed by atoms with Crippen LogP contribution in [0.2, 0.25) is 0 Å². The second kappa shape index (κ2) is 8.16. The Morgan fingerprint density at radius 2 is 1.96 bits per heavy atom. The maximum Gasteiger partial charge on any atom is 0.418 e. The lowest BCUT2D eigenvalue weighted by molar-refractivity contribution is -0.136. The molecule has 0 bridgehead atoms. The molecule has 1 aromatic heterocycles. The zero-order valence-corrected chi connectivity index (χ0v) is 14.6. The molecule has 0 aliphatic carbocycles. The van der Waals surface area contributed by atoms with E-state index in [1.165, 1.54) is 12.4 Å². The van der Waals surface area contributed by atoms with E-state index in [4.69, 9.17) is 0 Å². The van der Waals surface area contributed by atoms with Gasteiger partial charge in [-0.15, -0.1) is 12.4 Å². The Hall–Kier alpha value is -1.64. The molecule has 1 fully saturated rings. The first-order valence-corrected chi connectivity index (χ1v) is 7.95. The van der Waals surface area contributed by atoms with Crippen LogP contribution in [0.4, 0.5) is 19.0 Å². The number of nitrogens with zero attached hydrogens (tertiary/aromatic N) is 3. The number of piperazine rings is 1. The molecule has 1 saturated heterocycles. The third kappa shape index (κ3) is 4.71. The molecule has 3 rings (SSSR count). The van der Waals surface area contributed by atoms with Crippen molar-refractivity contribution in [2.45, 2.75) is 19.1 Å². The van der Waals surface area contributed by atoms with Gasteiger partial charge in [0, 0.05) is 44.2 Å². The number of anilines is 1. The van der Waals surface area contributed by atoms with Crippen molar-refractivity contribution in [2.75, 3.05) is 38.0 Å². The summed E-state index contributed by atoms with van der Waals surface area (Å²) in [7, 11) is 0. The highest BCUT2D eigenvalue weighted by atomic mass is 35.5. The van der Waals surface area contributed by atoms with Crippen molar-refractivity contribution in [1.82, 2.24) is 20.2 Å². The standard InChI is InChI=1S/C16H20F3N5.ClH/c1-11(9-24-7-5-20-6-8-24)23-15-12-3-2-4-13(16(17,18)19)14(12)21-10-22-15;/h2-4,10-11,20H,5-9H2,1H3,(H,21,22,23);1H/t11-;/m0./s1. The minimum atomic E-state index is -4.43. The van der Waals surface area contributed by atoms with Gasteiger partial charge in [-0.25, -0.2) is 9.97 Å². The highest BCUT2D eigenvalue weighted by molar-refractivity contribution is 5.91. The van der Waals surface area contributed by atoms with Crippen LogP contribution in [0.15, 0.2) is 24.5 Å². The van der Waals surface area contributed by atoms with E-state index in [9.17, 15) is 13.2 Å². The molecule has 2 heterocycles. The molecule has 138 valence electrons. The van der Waals surface area contributed by atoms with E-state index in [-0.39, 0.29) is 24.0 Å². The van der Waals surface area contributed by atoms with Crippen LogP contribution in [0.25, 0.3) is 10.9 Å². The number of halogens is 4. The molecule has 2 aromatic rings. The zero-order chi connectivity index (χ0) is 17.2. The van der Waals surface area contributed by atoms with Gasteiger partial charge in [-0.05, 0) is 19.1 Å². The molecule has 1 aliphatic heterocycles. The number of rotatable bonds is 4. The van der Waals surface area contributed by atoms with E-state index in [0.29, 0.717) is 11.2 Å². The van der Waals surface area contributed by atoms with Crippen LogP contribution in [0.5, 0.6) is 0 Å². The van der Waals surface area contributed by atoms with Crippen LogP contribution < -0.4 is 10.6 Å². The Bertz CT molecular complexity index is 704. The van der Waals surface area contributed by atoms with Crippen molar-refractivity contribution >= 4 is 29.1 Å². The Morgan fingerprint density at radius 3 is 2.64 bits per heavy atom. The molecule has 0 saturated carbocycles. The number of aromatic nitrogens is 2. The highest BCUT2D eigenvalue weighted by Gasteiger charge is 2.33. The van der Waals surface area contributed by atoms with Gasteiger partial charge in [0.05, 0.1) is 11.1 Å². The number of hydrogen-bond acceptors (Lipinski definition) is 5. The Balaban J connectivity index is 0.00000225. The van der Waals surface area contributed by atoms with Gasteiger partial charge >= 0.3 is 6.18 Å². The normalized spacial score (nSPS) is 17.1. The predicted molar refractivity (Wildman–Crippen MR) is 94.2 cm³/mol. The van der Waals surface area contributed by atoms with E-state index in [0.717, 1.165) is 38.8 Å². The van der Waals surface area contributed by atoms with E-state index >= 15 is 0 Å². The Labute approximate surface area is 150 Å². The molecule has 1 aromatic carbocycles. The van der Waals surface area contributed by atoms with E-state index < -0.39 is 11.7 Å². The summed E-state index contributed by atoms with van der Waals surface area (Å²) < 4.78 is 39.4. The second-order valence-electron chi connectivity index (χ2n) is 6.02. The third-order valence-electron chi connectivity index (χ3n) is 4.10. The van der Waals surface area contributed by atoms with Crippen molar-refractivity contribution in [2.24, 2.45) is 0 Å². The summed E-state index contributed by atoms with van der Waals surface area (Å²) in [6.07, 6.45) is -3.25. The molecule has 0 amide bonds. The van der Waals surface area contributed by atoms with Crippen molar-refractivity contribution in [3.63, 3.8) is 0 Å². The third-order valence-corrected chi connectivity index (χ3v) is 4.10. The fourth-order valence-electron chi connectivity index (χ4n) is 2.99. The molecule has 0 radical (unpaired) electrons. The Morgan fingerprint density at radius 1 is 1.24 bits per heavy atom. The first kappa shape index (κ1) is 19.7. The number of nitrogens with one attached hydrogen (secondary N) is 2. The summed E-state index contributed by atoms with van der Waals surface area (Å²) in [5.41, 5.74) is -0.808. The minimum absolute atomic E-state index is 0. The molecule has 0 spiro atoms. The zero-order valence-electron chi connectivity index (χ0n) is 13.8. The maximum absolute atomic E-state index is 13.1. The van der Waals surface area contributed by atoms with E-state index in [1.807, 2.05) is 6.92 Å². The molecular formula is C16H21ClF3N5. The maximum atomic E-state index is 13.1. The minimum Gasteiger partial charge on any atom is -0.366 e. The lowest BCUT2D eigenvalue weighted by Gasteiger charge is -2.30. The van der Waals surface area contributed by atoms with Gasteiger partial charge in [0.25, 0.3) is 0 Å². The molecule has 5 nitrogen and oxygen atoms in total. The fraction of sp³-hybridized carbons (Fsp3) is 0.500. The van der Waals surface area contributed by atoms with Crippen LogP contribution in [0.3, 0.4) is 0 Å². The van der Waals surface area contributed by atoms with Crippen LogP contribution in [-0.4, -0.2) is 53.6 Å². The first-order chi connectivity index (χ1) is 11.4. The molecular weight excluding hydrogens is 355 g/mol. The number of para-hydroxylation sites is 1. The molecule has 0 unspecified atom stereocenters. The number of alkyl halides is 3. The summed E-state index contributed by atoms with van der Waals surface area (Å²) in [5.74, 6) is 0.439. The van der Waals surface area contributed by atoms with Gasteiger partial charge in [0.2, 0.25) is 0 Å².